The Bertz CT molecular complexity index is 1370. The predicted molar refractivity (Wildman–Crippen MR) is 121 cm³/mol. The number of likely N-dealkylation sites (tertiary alicyclic amines) is 1. The van der Waals surface area contributed by atoms with Crippen LogP contribution in [0.5, 0.6) is 5.88 Å². The molecule has 5 rings (SSSR count). The number of fused-ring (bicyclic) bond motifs is 2. The molecular weight excluding hydrogens is 468 g/mol. The number of hydrogen-bond donors (Lipinski definition) is 1. The first kappa shape index (κ1) is 23.3. The number of hydrogen-bond acceptors (Lipinski definition) is 7. The van der Waals surface area contributed by atoms with Crippen LogP contribution in [-0.2, 0) is 0 Å². The lowest BCUT2D eigenvalue weighted by Crippen LogP contribution is -2.53. The van der Waals surface area contributed by atoms with Crippen molar-refractivity contribution in [3.63, 3.8) is 0 Å². The number of nitrogens with zero attached hydrogens (tertiary/aromatic N) is 7. The molecule has 4 heterocycles. The molecule has 1 aliphatic rings. The SMILES string of the molecule is COc1nc(N[C@@H]2CCN(C)CC2(F)F)nn2ccc(-c3ccc4nnn([C@@H](C)C(F)F)c4c3)c12. The highest BCUT2D eigenvalue weighted by atomic mass is 19.3. The van der Waals surface area contributed by atoms with E-state index in [0.29, 0.717) is 34.2 Å². The Morgan fingerprint density at radius 1 is 1.23 bits per heavy atom. The van der Waals surface area contributed by atoms with Crippen LogP contribution < -0.4 is 10.1 Å². The molecule has 0 bridgehead atoms. The molecule has 1 saturated heterocycles. The number of nitrogens with one attached hydrogen (secondary N) is 1. The second-order valence-corrected chi connectivity index (χ2v) is 8.76. The number of benzene rings is 1. The lowest BCUT2D eigenvalue weighted by molar-refractivity contribution is -0.0675. The van der Waals surface area contributed by atoms with E-state index < -0.39 is 24.4 Å². The number of alkyl halides is 4. The smallest absolute Gasteiger partial charge is 0.280 e. The van der Waals surface area contributed by atoms with E-state index in [9.17, 15) is 17.6 Å². The molecule has 1 fully saturated rings. The molecular formula is C22H24F4N8O. The minimum Gasteiger partial charge on any atom is -0.479 e. The number of methoxy groups -OCH3 is 1. The molecule has 186 valence electrons. The third kappa shape index (κ3) is 4.13. The van der Waals surface area contributed by atoms with Crippen LogP contribution in [0.15, 0.2) is 30.5 Å². The van der Waals surface area contributed by atoms with Gasteiger partial charge in [-0.25, -0.2) is 26.8 Å². The van der Waals surface area contributed by atoms with E-state index in [0.717, 1.165) is 0 Å². The van der Waals surface area contributed by atoms with Gasteiger partial charge in [-0.05, 0) is 44.2 Å². The van der Waals surface area contributed by atoms with Gasteiger partial charge in [-0.2, -0.15) is 4.98 Å². The van der Waals surface area contributed by atoms with Gasteiger partial charge in [-0.15, -0.1) is 10.2 Å². The second-order valence-electron chi connectivity index (χ2n) is 8.76. The van der Waals surface area contributed by atoms with Crippen LogP contribution >= 0.6 is 0 Å². The summed E-state index contributed by atoms with van der Waals surface area (Å²) < 4.78 is 63.8. The molecule has 1 aromatic carbocycles. The zero-order valence-electron chi connectivity index (χ0n) is 19.3. The summed E-state index contributed by atoms with van der Waals surface area (Å²) in [6.07, 6.45) is -0.702. The normalized spacial score (nSPS) is 19.5. The topological polar surface area (TPSA) is 85.4 Å². The Morgan fingerprint density at radius 3 is 2.74 bits per heavy atom. The van der Waals surface area contributed by atoms with Gasteiger partial charge in [0.25, 0.3) is 12.3 Å². The molecule has 0 amide bonds. The van der Waals surface area contributed by atoms with Gasteiger partial charge in [0.15, 0.2) is 0 Å². The Balaban J connectivity index is 1.53. The molecule has 0 saturated carbocycles. The highest BCUT2D eigenvalue weighted by Gasteiger charge is 2.44. The summed E-state index contributed by atoms with van der Waals surface area (Å²) in [6, 6.07) is 4.71. The summed E-state index contributed by atoms with van der Waals surface area (Å²) in [5.41, 5.74) is 2.82. The van der Waals surface area contributed by atoms with Gasteiger partial charge in [0.2, 0.25) is 11.8 Å². The standard InChI is InChI=1S/C22H24F4N8O/c1-12(19(23)24)34-16-10-13(4-5-15(16)29-31-34)14-6-9-33-18(14)20(35-3)28-21(30-33)27-17-7-8-32(2)11-22(17,25)26/h4-6,9-10,12,17,19H,7-8,11H2,1-3H3,(H,27,30)/t12-,17+/m0/s1. The van der Waals surface area contributed by atoms with E-state index >= 15 is 0 Å². The minimum absolute atomic E-state index is 0.0224. The predicted octanol–water partition coefficient (Wildman–Crippen LogP) is 3.73. The number of ether oxygens (including phenoxy) is 1. The minimum atomic E-state index is -2.94. The van der Waals surface area contributed by atoms with Crippen LogP contribution in [0.3, 0.4) is 0 Å². The van der Waals surface area contributed by atoms with Gasteiger partial charge < -0.3 is 15.0 Å². The van der Waals surface area contributed by atoms with Crippen molar-refractivity contribution in [2.45, 2.75) is 37.8 Å². The summed E-state index contributed by atoms with van der Waals surface area (Å²) in [6.45, 7) is 1.55. The van der Waals surface area contributed by atoms with E-state index in [-0.39, 0.29) is 24.8 Å². The zero-order valence-corrected chi connectivity index (χ0v) is 19.3. The van der Waals surface area contributed by atoms with Crippen molar-refractivity contribution in [3.8, 4) is 17.0 Å². The average Bonchev–Trinajstić information content (AvgIpc) is 3.43. The molecule has 4 aromatic rings. The van der Waals surface area contributed by atoms with E-state index in [1.54, 1.807) is 42.4 Å². The van der Waals surface area contributed by atoms with Crippen LogP contribution in [-0.4, -0.2) is 80.1 Å². The first-order valence-electron chi connectivity index (χ1n) is 11.1. The van der Waals surface area contributed by atoms with Gasteiger partial charge in [0.05, 0.1) is 25.2 Å². The first-order chi connectivity index (χ1) is 16.7. The summed E-state index contributed by atoms with van der Waals surface area (Å²) >= 11 is 0. The van der Waals surface area contributed by atoms with Crippen molar-refractivity contribution in [1.29, 1.82) is 0 Å². The maximum atomic E-state index is 14.5. The van der Waals surface area contributed by atoms with Gasteiger partial charge in [-0.3, -0.25) is 0 Å². The van der Waals surface area contributed by atoms with E-state index in [1.807, 2.05) is 0 Å². The lowest BCUT2D eigenvalue weighted by Gasteiger charge is -2.36. The number of piperidine rings is 1. The first-order valence-corrected chi connectivity index (χ1v) is 11.1. The summed E-state index contributed by atoms with van der Waals surface area (Å²) in [5, 5.41) is 15.0. The van der Waals surface area contributed by atoms with Crippen molar-refractivity contribution in [3.05, 3.63) is 30.5 Å². The van der Waals surface area contributed by atoms with E-state index in [4.69, 9.17) is 4.74 Å². The monoisotopic (exact) mass is 492 g/mol. The van der Waals surface area contributed by atoms with Crippen molar-refractivity contribution in [1.82, 2.24) is 34.5 Å². The lowest BCUT2D eigenvalue weighted by atomic mass is 10.0. The Labute approximate surface area is 197 Å². The maximum Gasteiger partial charge on any atom is 0.280 e. The molecule has 35 heavy (non-hydrogen) atoms. The molecule has 0 unspecified atom stereocenters. The second kappa shape index (κ2) is 8.63. The third-order valence-corrected chi connectivity index (χ3v) is 6.30. The maximum absolute atomic E-state index is 14.5. The van der Waals surface area contributed by atoms with Crippen LogP contribution in [0.25, 0.3) is 27.7 Å². The number of rotatable bonds is 6. The molecule has 9 nitrogen and oxygen atoms in total. The van der Waals surface area contributed by atoms with Crippen LogP contribution in [0, 0.1) is 0 Å². The van der Waals surface area contributed by atoms with Gasteiger partial charge in [0.1, 0.15) is 17.1 Å². The highest BCUT2D eigenvalue weighted by Crippen LogP contribution is 2.34. The molecule has 13 heteroatoms. The van der Waals surface area contributed by atoms with Gasteiger partial charge in [0, 0.05) is 18.3 Å². The van der Waals surface area contributed by atoms with Crippen molar-refractivity contribution >= 4 is 22.5 Å². The highest BCUT2D eigenvalue weighted by molar-refractivity contribution is 5.89. The average molecular weight is 492 g/mol. The van der Waals surface area contributed by atoms with Crippen LogP contribution in [0.4, 0.5) is 23.5 Å². The van der Waals surface area contributed by atoms with Crippen molar-refractivity contribution < 1.29 is 22.3 Å². The Morgan fingerprint density at radius 2 is 2.03 bits per heavy atom. The quantitative estimate of drug-likeness (QED) is 0.411. The fourth-order valence-electron chi connectivity index (χ4n) is 4.38. The number of aromatic nitrogens is 6. The van der Waals surface area contributed by atoms with Crippen LogP contribution in [0.2, 0.25) is 0 Å². The Hall–Kier alpha value is -3.48. The fourth-order valence-corrected chi connectivity index (χ4v) is 4.38. The van der Waals surface area contributed by atoms with Crippen LogP contribution in [0.1, 0.15) is 19.4 Å². The van der Waals surface area contributed by atoms with Crippen molar-refractivity contribution in [2.24, 2.45) is 0 Å². The molecule has 2 atom stereocenters. The summed E-state index contributed by atoms with van der Waals surface area (Å²) in [4.78, 5) is 5.92. The number of halogens is 4. The van der Waals surface area contributed by atoms with Gasteiger partial charge >= 0.3 is 0 Å². The molecule has 1 aliphatic heterocycles. The summed E-state index contributed by atoms with van der Waals surface area (Å²) in [7, 11) is 3.09. The molecule has 1 N–H and O–H groups in total. The van der Waals surface area contributed by atoms with Crippen molar-refractivity contribution in [2.75, 3.05) is 32.6 Å². The molecule has 0 aliphatic carbocycles. The molecule has 0 spiro atoms. The summed E-state index contributed by atoms with van der Waals surface area (Å²) in [5.74, 6) is -2.73. The Kier molecular flexibility index (Phi) is 5.74. The number of anilines is 1. The van der Waals surface area contributed by atoms with E-state index in [1.165, 1.54) is 23.2 Å². The third-order valence-electron chi connectivity index (χ3n) is 6.30. The molecule has 3 aromatic heterocycles. The largest absolute Gasteiger partial charge is 0.479 e. The van der Waals surface area contributed by atoms with E-state index in [2.05, 4.69) is 25.7 Å². The van der Waals surface area contributed by atoms with Gasteiger partial charge in [-0.1, -0.05) is 11.3 Å². The zero-order chi connectivity index (χ0) is 24.9. The molecule has 0 radical (unpaired) electrons. The fraction of sp³-hybridized carbons (Fsp3) is 0.455.